The van der Waals surface area contributed by atoms with Crippen LogP contribution < -0.4 is 15.4 Å². The number of carbonyl (C=O) groups is 1. The van der Waals surface area contributed by atoms with Gasteiger partial charge in [-0.15, -0.1) is 0 Å². The highest BCUT2D eigenvalue weighted by molar-refractivity contribution is 5.81. The van der Waals surface area contributed by atoms with E-state index in [0.29, 0.717) is 23.0 Å². The summed E-state index contributed by atoms with van der Waals surface area (Å²) in [5, 5.41) is 14.7. The molecule has 0 heterocycles. The topological polar surface area (TPSA) is 74.1 Å². The molecular weight excluding hydrogens is 230 g/mol. The van der Waals surface area contributed by atoms with Crippen LogP contribution in [0.4, 0.5) is 5.69 Å². The first-order valence-corrected chi connectivity index (χ1v) is 5.84. The molecule has 2 N–H and O–H groups in total. The maximum atomic E-state index is 11.5. The Morgan fingerprint density at radius 2 is 2.33 bits per heavy atom. The minimum Gasteiger partial charge on any atom is -0.495 e. The summed E-state index contributed by atoms with van der Waals surface area (Å²) in [6.45, 7) is 0.207. The van der Waals surface area contributed by atoms with Crippen molar-refractivity contribution in [2.75, 3.05) is 19.0 Å². The first-order valence-electron chi connectivity index (χ1n) is 5.84. The van der Waals surface area contributed by atoms with E-state index in [2.05, 4.69) is 10.6 Å². The average molecular weight is 245 g/mol. The Morgan fingerprint density at radius 1 is 1.56 bits per heavy atom. The van der Waals surface area contributed by atoms with Crippen molar-refractivity contribution in [3.8, 4) is 11.8 Å². The summed E-state index contributed by atoms with van der Waals surface area (Å²) >= 11 is 0. The van der Waals surface area contributed by atoms with Gasteiger partial charge >= 0.3 is 0 Å². The van der Waals surface area contributed by atoms with Crippen molar-refractivity contribution >= 4 is 11.6 Å². The lowest BCUT2D eigenvalue weighted by Gasteiger charge is -2.11. The Hall–Kier alpha value is -2.22. The van der Waals surface area contributed by atoms with Crippen LogP contribution in [-0.2, 0) is 4.79 Å². The van der Waals surface area contributed by atoms with Gasteiger partial charge in [0.1, 0.15) is 5.75 Å². The third-order valence-electron chi connectivity index (χ3n) is 2.71. The largest absolute Gasteiger partial charge is 0.495 e. The fourth-order valence-electron chi connectivity index (χ4n) is 1.59. The third-order valence-corrected chi connectivity index (χ3v) is 2.71. The van der Waals surface area contributed by atoms with Gasteiger partial charge < -0.3 is 15.4 Å². The maximum Gasteiger partial charge on any atom is 0.239 e. The monoisotopic (exact) mass is 245 g/mol. The molecule has 1 saturated carbocycles. The molecule has 1 aliphatic rings. The summed E-state index contributed by atoms with van der Waals surface area (Å²) in [4.78, 5) is 11.5. The molecule has 0 aromatic heterocycles. The molecule has 0 unspecified atom stereocenters. The highest BCUT2D eigenvalue weighted by atomic mass is 16.5. The number of amides is 1. The lowest BCUT2D eigenvalue weighted by molar-refractivity contribution is -0.119. The second kappa shape index (κ2) is 5.41. The van der Waals surface area contributed by atoms with Gasteiger partial charge in [0.15, 0.2) is 0 Å². The molecule has 0 spiro atoms. The Balaban J connectivity index is 1.95. The van der Waals surface area contributed by atoms with Crippen LogP contribution in [0.2, 0.25) is 0 Å². The van der Waals surface area contributed by atoms with Gasteiger partial charge in [0.2, 0.25) is 5.91 Å². The maximum absolute atomic E-state index is 11.5. The van der Waals surface area contributed by atoms with Gasteiger partial charge in [-0.3, -0.25) is 4.79 Å². The minimum absolute atomic E-state index is 0.0242. The first kappa shape index (κ1) is 12.2. The number of nitrogens with zero attached hydrogens (tertiary/aromatic N) is 1. The zero-order chi connectivity index (χ0) is 13.0. The molecule has 0 radical (unpaired) electrons. The highest BCUT2D eigenvalue weighted by Crippen LogP contribution is 2.25. The normalized spacial score (nSPS) is 13.6. The number of nitriles is 1. The molecule has 1 aliphatic carbocycles. The van der Waals surface area contributed by atoms with Gasteiger partial charge in [-0.1, -0.05) is 0 Å². The van der Waals surface area contributed by atoms with E-state index < -0.39 is 0 Å². The predicted molar refractivity (Wildman–Crippen MR) is 67.4 cm³/mol. The van der Waals surface area contributed by atoms with Crippen molar-refractivity contribution < 1.29 is 9.53 Å². The van der Waals surface area contributed by atoms with Crippen LogP contribution in [0.3, 0.4) is 0 Å². The van der Waals surface area contributed by atoms with Gasteiger partial charge in [0.25, 0.3) is 0 Å². The number of hydrogen-bond acceptors (Lipinski definition) is 4. The van der Waals surface area contributed by atoms with Crippen molar-refractivity contribution in [2.24, 2.45) is 0 Å². The lowest BCUT2D eigenvalue weighted by atomic mass is 10.2. The molecule has 1 amide bonds. The molecule has 5 nitrogen and oxygen atoms in total. The Kier molecular flexibility index (Phi) is 3.68. The van der Waals surface area contributed by atoms with Crippen molar-refractivity contribution in [3.05, 3.63) is 23.8 Å². The fraction of sp³-hybridized carbons (Fsp3) is 0.385. The lowest BCUT2D eigenvalue weighted by Crippen LogP contribution is -2.31. The molecule has 0 aliphatic heterocycles. The minimum atomic E-state index is -0.0242. The second-order valence-electron chi connectivity index (χ2n) is 4.22. The average Bonchev–Trinajstić information content (AvgIpc) is 3.20. The van der Waals surface area contributed by atoms with E-state index in [0.717, 1.165) is 12.8 Å². The van der Waals surface area contributed by atoms with Crippen molar-refractivity contribution in [1.29, 1.82) is 5.26 Å². The molecule has 5 heteroatoms. The molecule has 0 saturated heterocycles. The molecule has 1 aromatic rings. The highest BCUT2D eigenvalue weighted by Gasteiger charge is 2.22. The quantitative estimate of drug-likeness (QED) is 0.819. The summed E-state index contributed by atoms with van der Waals surface area (Å²) in [6, 6.07) is 7.47. The standard InChI is InChI=1S/C13H15N3O2/c1-18-12-6-9(7-14)2-5-11(12)15-8-13(17)16-10-3-4-10/h2,5-6,10,15H,3-4,8H2,1H3,(H,16,17). The summed E-state index contributed by atoms with van der Waals surface area (Å²) in [5.41, 5.74) is 1.24. The molecule has 18 heavy (non-hydrogen) atoms. The smallest absolute Gasteiger partial charge is 0.239 e. The van der Waals surface area contributed by atoms with Gasteiger partial charge in [-0.2, -0.15) is 5.26 Å². The van der Waals surface area contributed by atoms with E-state index in [-0.39, 0.29) is 12.5 Å². The number of hydrogen-bond donors (Lipinski definition) is 2. The summed E-state index contributed by atoms with van der Waals surface area (Å²) in [6.07, 6.45) is 2.15. The number of benzene rings is 1. The molecule has 2 rings (SSSR count). The van der Waals surface area contributed by atoms with Crippen LogP contribution in [0.25, 0.3) is 0 Å². The van der Waals surface area contributed by atoms with Crippen LogP contribution in [-0.4, -0.2) is 25.6 Å². The Morgan fingerprint density at radius 3 is 2.94 bits per heavy atom. The predicted octanol–water partition coefficient (Wildman–Crippen LogP) is 1.26. The van der Waals surface area contributed by atoms with E-state index in [4.69, 9.17) is 10.00 Å². The number of methoxy groups -OCH3 is 1. The fourth-order valence-corrected chi connectivity index (χ4v) is 1.59. The third kappa shape index (κ3) is 3.14. The van der Waals surface area contributed by atoms with Gasteiger partial charge in [0.05, 0.1) is 31.0 Å². The molecule has 1 fully saturated rings. The van der Waals surface area contributed by atoms with Gasteiger partial charge in [-0.05, 0) is 25.0 Å². The van der Waals surface area contributed by atoms with Crippen LogP contribution in [0, 0.1) is 11.3 Å². The first-order chi connectivity index (χ1) is 8.72. The molecule has 94 valence electrons. The molecule has 1 aromatic carbocycles. The van der Waals surface area contributed by atoms with E-state index in [1.165, 1.54) is 7.11 Å². The van der Waals surface area contributed by atoms with Gasteiger partial charge in [0, 0.05) is 12.1 Å². The number of rotatable bonds is 5. The van der Waals surface area contributed by atoms with Crippen molar-refractivity contribution in [2.45, 2.75) is 18.9 Å². The number of ether oxygens (including phenoxy) is 1. The van der Waals surface area contributed by atoms with Crippen LogP contribution in [0.1, 0.15) is 18.4 Å². The summed E-state index contributed by atoms with van der Waals surface area (Å²) in [7, 11) is 1.53. The van der Waals surface area contributed by atoms with E-state index in [1.54, 1.807) is 18.2 Å². The van der Waals surface area contributed by atoms with E-state index >= 15 is 0 Å². The van der Waals surface area contributed by atoms with Crippen LogP contribution in [0.5, 0.6) is 5.75 Å². The molecular formula is C13H15N3O2. The Labute approximate surface area is 106 Å². The van der Waals surface area contributed by atoms with Gasteiger partial charge in [-0.25, -0.2) is 0 Å². The van der Waals surface area contributed by atoms with Crippen molar-refractivity contribution in [1.82, 2.24) is 5.32 Å². The zero-order valence-electron chi connectivity index (χ0n) is 10.2. The Bertz CT molecular complexity index is 489. The van der Waals surface area contributed by atoms with Crippen LogP contribution >= 0.6 is 0 Å². The number of carbonyl (C=O) groups excluding carboxylic acids is 1. The molecule has 0 atom stereocenters. The van der Waals surface area contributed by atoms with E-state index in [1.807, 2.05) is 6.07 Å². The summed E-state index contributed by atoms with van der Waals surface area (Å²) in [5.74, 6) is 0.539. The molecule has 0 bridgehead atoms. The zero-order valence-corrected chi connectivity index (χ0v) is 10.2. The number of anilines is 1. The van der Waals surface area contributed by atoms with Crippen LogP contribution in [0.15, 0.2) is 18.2 Å². The number of nitrogens with one attached hydrogen (secondary N) is 2. The summed E-state index contributed by atoms with van der Waals surface area (Å²) < 4.78 is 5.17. The van der Waals surface area contributed by atoms with Crippen molar-refractivity contribution in [3.63, 3.8) is 0 Å². The SMILES string of the molecule is COc1cc(C#N)ccc1NCC(=O)NC1CC1. The second-order valence-corrected chi connectivity index (χ2v) is 4.22. The van der Waals surface area contributed by atoms with E-state index in [9.17, 15) is 4.79 Å².